The lowest BCUT2D eigenvalue weighted by Crippen LogP contribution is -2.48. The molecule has 0 saturated carbocycles. The van der Waals surface area contributed by atoms with E-state index < -0.39 is 6.17 Å². The van der Waals surface area contributed by atoms with Gasteiger partial charge in [0.25, 0.3) is 0 Å². The molecule has 2 atom stereocenters. The number of piperidine rings is 2. The molecule has 2 unspecified atom stereocenters. The van der Waals surface area contributed by atoms with Gasteiger partial charge in [0.2, 0.25) is 0 Å². The summed E-state index contributed by atoms with van der Waals surface area (Å²) < 4.78 is 20.5. The van der Waals surface area contributed by atoms with Crippen molar-refractivity contribution in [1.82, 2.24) is 9.80 Å². The molecule has 2 saturated heterocycles. The minimum absolute atomic E-state index is 0.174. The van der Waals surface area contributed by atoms with Gasteiger partial charge in [-0.15, -0.1) is 0 Å². The Morgan fingerprint density at radius 1 is 1.04 bits per heavy atom. The van der Waals surface area contributed by atoms with Gasteiger partial charge in [0.1, 0.15) is 6.17 Å². The van der Waals surface area contributed by atoms with E-state index in [1.165, 1.54) is 12.8 Å². The second kappa shape index (κ2) is 8.77. The fraction of sp³-hybridized carbons (Fsp3) is 1.00. The molecule has 0 bridgehead atoms. The Morgan fingerprint density at radius 2 is 1.70 bits per heavy atom. The van der Waals surface area contributed by atoms with Crippen LogP contribution in [0, 0.1) is 5.41 Å². The molecule has 2 aliphatic heterocycles. The molecule has 0 N–H and O–H groups in total. The molecule has 23 heavy (non-hydrogen) atoms. The number of likely N-dealkylation sites (tertiary alicyclic amines) is 2. The van der Waals surface area contributed by atoms with Gasteiger partial charge in [-0.2, -0.15) is 0 Å². The standard InChI is InChI=1S/C19H37FN2O/c1-5-6-10-21-13-9-18(17(20)14-21)23-16-7-11-22(12-8-16)15-19(2,3)4/h16-18H,5-15H2,1-4H3. The fourth-order valence-corrected chi connectivity index (χ4v) is 3.81. The average molecular weight is 329 g/mol. The molecule has 0 aromatic carbocycles. The molecular formula is C19H37FN2O. The van der Waals surface area contributed by atoms with Crippen LogP contribution in [-0.4, -0.2) is 67.4 Å². The van der Waals surface area contributed by atoms with Gasteiger partial charge in [0.15, 0.2) is 0 Å². The molecule has 2 heterocycles. The number of rotatable bonds is 6. The van der Waals surface area contributed by atoms with Crippen molar-refractivity contribution in [3.63, 3.8) is 0 Å². The van der Waals surface area contributed by atoms with Crippen LogP contribution in [0.2, 0.25) is 0 Å². The summed E-state index contributed by atoms with van der Waals surface area (Å²) in [5.74, 6) is 0. The lowest BCUT2D eigenvalue weighted by Gasteiger charge is -2.39. The van der Waals surface area contributed by atoms with Crippen molar-refractivity contribution in [2.45, 2.75) is 78.2 Å². The van der Waals surface area contributed by atoms with Crippen molar-refractivity contribution in [3.8, 4) is 0 Å². The lowest BCUT2D eigenvalue weighted by molar-refractivity contribution is -0.0997. The summed E-state index contributed by atoms with van der Waals surface area (Å²) in [4.78, 5) is 4.79. The van der Waals surface area contributed by atoms with E-state index >= 15 is 0 Å². The number of hydrogen-bond acceptors (Lipinski definition) is 3. The maximum Gasteiger partial charge on any atom is 0.139 e. The number of unbranched alkanes of at least 4 members (excludes halogenated alkanes) is 1. The van der Waals surface area contributed by atoms with E-state index in [4.69, 9.17) is 4.74 Å². The molecule has 0 aromatic rings. The van der Waals surface area contributed by atoms with E-state index in [0.717, 1.165) is 52.0 Å². The smallest absolute Gasteiger partial charge is 0.139 e. The first kappa shape index (κ1) is 19.1. The van der Waals surface area contributed by atoms with Crippen molar-refractivity contribution >= 4 is 0 Å². The van der Waals surface area contributed by atoms with E-state index in [0.29, 0.717) is 12.0 Å². The molecule has 0 radical (unpaired) electrons. The van der Waals surface area contributed by atoms with Crippen LogP contribution < -0.4 is 0 Å². The Hall–Kier alpha value is -0.190. The molecule has 0 amide bonds. The summed E-state index contributed by atoms with van der Waals surface area (Å²) in [7, 11) is 0. The Kier molecular flexibility index (Phi) is 7.30. The van der Waals surface area contributed by atoms with Crippen LogP contribution in [0.1, 0.15) is 59.8 Å². The number of ether oxygens (including phenoxy) is 1. The van der Waals surface area contributed by atoms with Crippen LogP contribution >= 0.6 is 0 Å². The predicted octanol–water partition coefficient (Wildman–Crippen LogP) is 3.73. The molecule has 0 aromatic heterocycles. The van der Waals surface area contributed by atoms with Crippen molar-refractivity contribution in [1.29, 1.82) is 0 Å². The minimum atomic E-state index is -0.812. The van der Waals surface area contributed by atoms with Crippen molar-refractivity contribution in [2.24, 2.45) is 5.41 Å². The van der Waals surface area contributed by atoms with Gasteiger partial charge in [-0.1, -0.05) is 34.1 Å². The number of nitrogens with zero attached hydrogens (tertiary/aromatic N) is 2. The first-order chi connectivity index (χ1) is 10.9. The van der Waals surface area contributed by atoms with Crippen molar-refractivity contribution < 1.29 is 9.13 Å². The summed E-state index contributed by atoms with van der Waals surface area (Å²) in [5, 5.41) is 0. The third kappa shape index (κ3) is 6.67. The number of halogens is 1. The zero-order valence-electron chi connectivity index (χ0n) is 15.7. The normalized spacial score (nSPS) is 29.1. The highest BCUT2D eigenvalue weighted by molar-refractivity contribution is 4.84. The first-order valence-corrected chi connectivity index (χ1v) is 9.61. The summed E-state index contributed by atoms with van der Waals surface area (Å²) in [6, 6.07) is 0. The highest BCUT2D eigenvalue weighted by Gasteiger charge is 2.33. The molecule has 2 fully saturated rings. The summed E-state index contributed by atoms with van der Waals surface area (Å²) >= 11 is 0. The van der Waals surface area contributed by atoms with Crippen LogP contribution in [0.5, 0.6) is 0 Å². The highest BCUT2D eigenvalue weighted by Crippen LogP contribution is 2.25. The Balaban J connectivity index is 1.68. The van der Waals surface area contributed by atoms with E-state index in [1.54, 1.807) is 0 Å². The van der Waals surface area contributed by atoms with E-state index in [2.05, 4.69) is 37.5 Å². The van der Waals surface area contributed by atoms with Gasteiger partial charge < -0.3 is 14.5 Å². The van der Waals surface area contributed by atoms with Crippen LogP contribution in [0.25, 0.3) is 0 Å². The third-order valence-corrected chi connectivity index (χ3v) is 4.99. The first-order valence-electron chi connectivity index (χ1n) is 9.61. The summed E-state index contributed by atoms with van der Waals surface area (Å²) in [5.41, 5.74) is 0.350. The van der Waals surface area contributed by atoms with Gasteiger partial charge in [-0.25, -0.2) is 4.39 Å². The maximum atomic E-state index is 14.4. The second-order valence-electron chi connectivity index (χ2n) is 8.67. The predicted molar refractivity (Wildman–Crippen MR) is 94.7 cm³/mol. The van der Waals surface area contributed by atoms with Crippen LogP contribution in [0.3, 0.4) is 0 Å². The molecule has 2 rings (SSSR count). The Morgan fingerprint density at radius 3 is 2.26 bits per heavy atom. The van der Waals surface area contributed by atoms with Gasteiger partial charge in [-0.3, -0.25) is 0 Å². The zero-order chi connectivity index (χ0) is 16.9. The topological polar surface area (TPSA) is 15.7 Å². The highest BCUT2D eigenvalue weighted by atomic mass is 19.1. The second-order valence-corrected chi connectivity index (χ2v) is 8.67. The van der Waals surface area contributed by atoms with E-state index in [9.17, 15) is 4.39 Å². The van der Waals surface area contributed by atoms with Crippen LogP contribution in [0.4, 0.5) is 4.39 Å². The summed E-state index contributed by atoms with van der Waals surface area (Å²) in [6.07, 6.45) is 4.59. The quantitative estimate of drug-likeness (QED) is 0.739. The maximum absolute atomic E-state index is 14.4. The van der Waals surface area contributed by atoms with Crippen molar-refractivity contribution in [2.75, 3.05) is 39.3 Å². The molecule has 2 aliphatic rings. The van der Waals surface area contributed by atoms with Gasteiger partial charge >= 0.3 is 0 Å². The van der Waals surface area contributed by atoms with Crippen LogP contribution in [0.15, 0.2) is 0 Å². The lowest BCUT2D eigenvalue weighted by atomic mass is 9.94. The molecule has 0 aliphatic carbocycles. The number of hydrogen-bond donors (Lipinski definition) is 0. The minimum Gasteiger partial charge on any atom is -0.372 e. The van der Waals surface area contributed by atoms with E-state index in [1.807, 2.05) is 0 Å². The van der Waals surface area contributed by atoms with Gasteiger partial charge in [0, 0.05) is 32.7 Å². The third-order valence-electron chi connectivity index (χ3n) is 4.99. The summed E-state index contributed by atoms with van der Waals surface area (Å²) in [6.45, 7) is 15.0. The number of alkyl halides is 1. The van der Waals surface area contributed by atoms with Gasteiger partial charge in [-0.05, 0) is 37.6 Å². The fourth-order valence-electron chi connectivity index (χ4n) is 3.81. The largest absolute Gasteiger partial charge is 0.372 e. The van der Waals surface area contributed by atoms with E-state index in [-0.39, 0.29) is 12.2 Å². The van der Waals surface area contributed by atoms with Crippen LogP contribution in [-0.2, 0) is 4.74 Å². The molecule has 4 heteroatoms. The monoisotopic (exact) mass is 328 g/mol. The SMILES string of the molecule is CCCCN1CCC(OC2CCN(CC(C)(C)C)CC2)C(F)C1. The van der Waals surface area contributed by atoms with Gasteiger partial charge in [0.05, 0.1) is 12.2 Å². The Bertz CT molecular complexity index is 337. The molecule has 3 nitrogen and oxygen atoms in total. The molecular weight excluding hydrogens is 291 g/mol. The average Bonchev–Trinajstić information content (AvgIpc) is 2.48. The zero-order valence-corrected chi connectivity index (χ0v) is 15.7. The van der Waals surface area contributed by atoms with Crippen molar-refractivity contribution in [3.05, 3.63) is 0 Å². The molecule has 0 spiro atoms. The Labute approximate surface area is 142 Å². The molecule has 136 valence electrons.